The van der Waals surface area contributed by atoms with E-state index in [1.165, 1.54) is 11.8 Å². The first-order valence-electron chi connectivity index (χ1n) is 9.50. The molecule has 2 N–H and O–H groups in total. The molecule has 0 aliphatic carbocycles. The van der Waals surface area contributed by atoms with E-state index in [0.29, 0.717) is 29.8 Å². The molecule has 1 saturated heterocycles. The van der Waals surface area contributed by atoms with Crippen molar-refractivity contribution in [2.24, 2.45) is 5.92 Å². The Morgan fingerprint density at radius 3 is 2.62 bits per heavy atom. The van der Waals surface area contributed by atoms with Crippen LogP contribution >= 0.6 is 11.8 Å². The van der Waals surface area contributed by atoms with Gasteiger partial charge in [-0.05, 0) is 12.2 Å². The molecule has 2 aromatic rings. The minimum absolute atomic E-state index is 0.177. The lowest BCUT2D eigenvalue weighted by Crippen LogP contribution is -2.40. The van der Waals surface area contributed by atoms with Crippen molar-refractivity contribution in [1.29, 1.82) is 0 Å². The zero-order valence-corrected chi connectivity index (χ0v) is 17.6. The van der Waals surface area contributed by atoms with Gasteiger partial charge >= 0.3 is 0 Å². The molecule has 3 heterocycles. The van der Waals surface area contributed by atoms with Crippen LogP contribution in [-0.2, 0) is 20.9 Å². The molecule has 29 heavy (non-hydrogen) atoms. The summed E-state index contributed by atoms with van der Waals surface area (Å²) in [6, 6.07) is 0. The maximum Gasteiger partial charge on any atom is 0.240 e. The number of carbonyl (C=O) groups excluding carboxylic acids is 3. The van der Waals surface area contributed by atoms with Gasteiger partial charge in [0, 0.05) is 25.9 Å². The zero-order chi connectivity index (χ0) is 21.0. The average Bonchev–Trinajstić information content (AvgIpc) is 3.24. The molecule has 0 aromatic carbocycles. The number of hydrogen-bond donors (Lipinski definition) is 2. The Morgan fingerprint density at radius 1 is 1.24 bits per heavy atom. The van der Waals surface area contributed by atoms with Crippen LogP contribution in [0.4, 0.5) is 5.82 Å². The van der Waals surface area contributed by atoms with Crippen LogP contribution in [-0.4, -0.2) is 68.3 Å². The summed E-state index contributed by atoms with van der Waals surface area (Å²) in [6.07, 6.45) is 3.98. The summed E-state index contributed by atoms with van der Waals surface area (Å²) in [7, 11) is 0. The van der Waals surface area contributed by atoms with E-state index >= 15 is 0 Å². The molecule has 0 spiro atoms. The van der Waals surface area contributed by atoms with Crippen LogP contribution in [0.25, 0.3) is 11.0 Å². The third-order valence-electron chi connectivity index (χ3n) is 4.44. The highest BCUT2D eigenvalue weighted by atomic mass is 32.2. The van der Waals surface area contributed by atoms with Gasteiger partial charge in [-0.3, -0.25) is 19.3 Å². The van der Waals surface area contributed by atoms with Crippen LogP contribution in [0, 0.1) is 5.92 Å². The number of aromatic nitrogens is 4. The number of nitrogens with zero attached hydrogens (tertiary/aromatic N) is 5. The summed E-state index contributed by atoms with van der Waals surface area (Å²) >= 11 is 1.45. The van der Waals surface area contributed by atoms with E-state index in [-0.39, 0.29) is 37.1 Å². The zero-order valence-electron chi connectivity index (χ0n) is 16.8. The van der Waals surface area contributed by atoms with Crippen LogP contribution in [0.5, 0.6) is 0 Å². The van der Waals surface area contributed by atoms with Gasteiger partial charge in [-0.25, -0.2) is 14.6 Å². The number of rotatable bonds is 9. The lowest BCUT2D eigenvalue weighted by molar-refractivity contribution is -0.142. The van der Waals surface area contributed by atoms with Gasteiger partial charge in [0.25, 0.3) is 0 Å². The van der Waals surface area contributed by atoms with Gasteiger partial charge in [0.05, 0.1) is 18.1 Å². The molecule has 1 aliphatic rings. The first kappa shape index (κ1) is 21.0. The Bertz CT molecular complexity index is 912. The van der Waals surface area contributed by atoms with Crippen molar-refractivity contribution in [2.45, 2.75) is 38.4 Å². The summed E-state index contributed by atoms with van der Waals surface area (Å²) in [5, 5.41) is 11.9. The molecule has 0 saturated carbocycles. The third-order valence-corrected chi connectivity index (χ3v) is 4.99. The summed E-state index contributed by atoms with van der Waals surface area (Å²) in [5.41, 5.74) is 0.690. The van der Waals surface area contributed by atoms with E-state index in [2.05, 4.69) is 39.5 Å². The summed E-state index contributed by atoms with van der Waals surface area (Å²) in [4.78, 5) is 45.3. The lowest BCUT2D eigenvalue weighted by atomic mass is 10.2. The summed E-state index contributed by atoms with van der Waals surface area (Å²) < 4.78 is 1.71. The van der Waals surface area contributed by atoms with E-state index in [1.54, 1.807) is 10.9 Å². The fourth-order valence-electron chi connectivity index (χ4n) is 2.93. The number of thioether (sulfide) groups is 1. The minimum atomic E-state index is -0.372. The molecule has 3 amide bonds. The number of likely N-dealkylation sites (tertiary alicyclic amines) is 1. The Labute approximate surface area is 172 Å². The van der Waals surface area contributed by atoms with Crippen LogP contribution in [0.3, 0.4) is 0 Å². The van der Waals surface area contributed by atoms with E-state index in [4.69, 9.17) is 0 Å². The van der Waals surface area contributed by atoms with Gasteiger partial charge < -0.3 is 10.6 Å². The third kappa shape index (κ3) is 5.03. The SMILES string of the molecule is CSc1nc(NCC(C)C)c2cnn(CCNC(=O)CN3C(=O)CCC3=O)c2n1. The standard InChI is InChI=1S/C18H25N7O3S/c1-11(2)8-20-16-12-9-21-25(17(12)23-18(22-16)29-3)7-6-19-13(26)10-24-14(27)4-5-15(24)28/h9,11H,4-8,10H2,1-3H3,(H,19,26)(H,20,22,23). The smallest absolute Gasteiger partial charge is 0.240 e. The van der Waals surface area contributed by atoms with E-state index in [0.717, 1.165) is 22.6 Å². The number of nitrogens with one attached hydrogen (secondary N) is 2. The molecule has 11 heteroatoms. The Kier molecular flexibility index (Phi) is 6.68. The van der Waals surface area contributed by atoms with Crippen molar-refractivity contribution in [3.63, 3.8) is 0 Å². The maximum atomic E-state index is 12.1. The van der Waals surface area contributed by atoms with Gasteiger partial charge in [-0.15, -0.1) is 0 Å². The first-order valence-corrected chi connectivity index (χ1v) is 10.7. The number of hydrogen-bond acceptors (Lipinski definition) is 8. The molecule has 156 valence electrons. The van der Waals surface area contributed by atoms with Crippen LogP contribution in [0.1, 0.15) is 26.7 Å². The molecule has 3 rings (SSSR count). The highest BCUT2D eigenvalue weighted by Gasteiger charge is 2.30. The molecule has 10 nitrogen and oxygen atoms in total. The molecule has 2 aromatic heterocycles. The Hall–Kier alpha value is -2.69. The van der Waals surface area contributed by atoms with Gasteiger partial charge in [-0.2, -0.15) is 5.10 Å². The van der Waals surface area contributed by atoms with Crippen molar-refractivity contribution in [2.75, 3.05) is 31.2 Å². The van der Waals surface area contributed by atoms with Crippen molar-refractivity contribution < 1.29 is 14.4 Å². The van der Waals surface area contributed by atoms with Crippen LogP contribution in [0.15, 0.2) is 11.4 Å². The van der Waals surface area contributed by atoms with Crippen LogP contribution < -0.4 is 10.6 Å². The average molecular weight is 420 g/mol. The monoisotopic (exact) mass is 419 g/mol. The number of fused-ring (bicyclic) bond motifs is 1. The lowest BCUT2D eigenvalue weighted by Gasteiger charge is -2.13. The fourth-order valence-corrected chi connectivity index (χ4v) is 3.29. The molecule has 1 aliphatic heterocycles. The number of anilines is 1. The second-order valence-electron chi connectivity index (χ2n) is 7.16. The second-order valence-corrected chi connectivity index (χ2v) is 7.94. The molecule has 0 bridgehead atoms. The van der Waals surface area contributed by atoms with E-state index in [1.807, 2.05) is 6.26 Å². The maximum absolute atomic E-state index is 12.1. The normalized spacial score (nSPS) is 14.3. The van der Waals surface area contributed by atoms with E-state index < -0.39 is 0 Å². The molecule has 1 fully saturated rings. The summed E-state index contributed by atoms with van der Waals surface area (Å²) in [6.45, 7) is 5.51. The number of amides is 3. The number of imide groups is 1. The Morgan fingerprint density at radius 2 is 1.97 bits per heavy atom. The fraction of sp³-hybridized carbons (Fsp3) is 0.556. The van der Waals surface area contributed by atoms with Gasteiger partial charge in [0.2, 0.25) is 17.7 Å². The van der Waals surface area contributed by atoms with Crippen LogP contribution in [0.2, 0.25) is 0 Å². The molecule has 0 radical (unpaired) electrons. The largest absolute Gasteiger partial charge is 0.369 e. The number of carbonyl (C=O) groups is 3. The van der Waals surface area contributed by atoms with Crippen molar-refractivity contribution in [3.05, 3.63) is 6.20 Å². The van der Waals surface area contributed by atoms with Crippen molar-refractivity contribution >= 4 is 46.3 Å². The molecular formula is C18H25N7O3S. The molecule has 0 atom stereocenters. The van der Waals surface area contributed by atoms with Gasteiger partial charge in [0.15, 0.2) is 10.8 Å². The predicted molar refractivity (Wildman–Crippen MR) is 109 cm³/mol. The molecular weight excluding hydrogens is 394 g/mol. The topological polar surface area (TPSA) is 122 Å². The summed E-state index contributed by atoms with van der Waals surface area (Å²) in [5.74, 6) is 0.243. The van der Waals surface area contributed by atoms with Crippen molar-refractivity contribution in [3.8, 4) is 0 Å². The second kappa shape index (κ2) is 9.21. The van der Waals surface area contributed by atoms with Gasteiger partial charge in [0.1, 0.15) is 12.4 Å². The Balaban J connectivity index is 1.64. The highest BCUT2D eigenvalue weighted by molar-refractivity contribution is 7.98. The minimum Gasteiger partial charge on any atom is -0.369 e. The van der Waals surface area contributed by atoms with Crippen molar-refractivity contribution in [1.82, 2.24) is 30.0 Å². The van der Waals surface area contributed by atoms with Gasteiger partial charge in [-0.1, -0.05) is 25.6 Å². The molecule has 0 unspecified atom stereocenters. The predicted octanol–water partition coefficient (Wildman–Crippen LogP) is 0.881. The first-order chi connectivity index (χ1) is 13.9. The van der Waals surface area contributed by atoms with E-state index in [9.17, 15) is 14.4 Å². The quantitative estimate of drug-likeness (QED) is 0.349. The highest BCUT2D eigenvalue weighted by Crippen LogP contribution is 2.23.